The molecule has 134 valence electrons. The van der Waals surface area contributed by atoms with Gasteiger partial charge in [-0.2, -0.15) is 0 Å². The summed E-state index contributed by atoms with van der Waals surface area (Å²) >= 11 is 0. The fraction of sp³-hybridized carbons (Fsp3) is 0.812. The Labute approximate surface area is 142 Å². The van der Waals surface area contributed by atoms with Crippen molar-refractivity contribution >= 4 is 6.03 Å². The van der Waals surface area contributed by atoms with E-state index in [-0.39, 0.29) is 12.1 Å². The Morgan fingerprint density at radius 2 is 2.21 bits per heavy atom. The number of hydrogen-bond donors (Lipinski definition) is 2. The van der Waals surface area contributed by atoms with Gasteiger partial charge in [0, 0.05) is 39.1 Å². The average molecular weight is 336 g/mol. The van der Waals surface area contributed by atoms with E-state index in [4.69, 9.17) is 4.74 Å². The van der Waals surface area contributed by atoms with E-state index >= 15 is 0 Å². The molecule has 24 heavy (non-hydrogen) atoms. The molecule has 0 spiro atoms. The van der Waals surface area contributed by atoms with E-state index in [1.54, 1.807) is 0 Å². The topological polar surface area (TPSA) is 84.3 Å². The molecule has 0 bridgehead atoms. The number of fused-ring (bicyclic) bond motifs is 1. The standard InChI is InChI=1S/C16H28N6O2/c1-12(2)10-21-6-7-24-13(11-21)8-17-16(23)18-9-15-20-19-14-4-3-5-22(14)15/h12-13H,3-11H2,1-2H3,(H2,17,18,23)/t13-/m0/s1. The molecule has 1 saturated heterocycles. The molecule has 0 unspecified atom stereocenters. The molecule has 3 rings (SSSR count). The molecule has 0 radical (unpaired) electrons. The van der Waals surface area contributed by atoms with Gasteiger partial charge in [-0.05, 0) is 12.3 Å². The van der Waals surface area contributed by atoms with Crippen LogP contribution >= 0.6 is 0 Å². The molecule has 3 heterocycles. The Hall–Kier alpha value is -1.67. The minimum Gasteiger partial charge on any atom is -0.374 e. The summed E-state index contributed by atoms with van der Waals surface area (Å²) in [7, 11) is 0. The monoisotopic (exact) mass is 336 g/mol. The van der Waals surface area contributed by atoms with Gasteiger partial charge in [0.15, 0.2) is 5.82 Å². The zero-order chi connectivity index (χ0) is 16.9. The molecule has 1 aromatic rings. The van der Waals surface area contributed by atoms with E-state index in [1.807, 2.05) is 0 Å². The smallest absolute Gasteiger partial charge is 0.315 e. The highest BCUT2D eigenvalue weighted by molar-refractivity contribution is 5.73. The van der Waals surface area contributed by atoms with Crippen LogP contribution in [0.1, 0.15) is 31.9 Å². The van der Waals surface area contributed by atoms with Gasteiger partial charge < -0.3 is 19.9 Å². The molecule has 2 aliphatic heterocycles. The van der Waals surface area contributed by atoms with Gasteiger partial charge in [0.05, 0.1) is 19.3 Å². The van der Waals surface area contributed by atoms with Crippen LogP contribution in [0.4, 0.5) is 4.79 Å². The second-order valence-corrected chi connectivity index (χ2v) is 7.00. The Kier molecular flexibility index (Phi) is 5.68. The minimum atomic E-state index is -0.185. The fourth-order valence-electron chi connectivity index (χ4n) is 3.36. The first kappa shape index (κ1) is 17.2. The van der Waals surface area contributed by atoms with E-state index in [0.717, 1.165) is 57.3 Å². The quantitative estimate of drug-likeness (QED) is 0.785. The van der Waals surface area contributed by atoms with E-state index in [2.05, 4.69) is 44.1 Å². The lowest BCUT2D eigenvalue weighted by atomic mass is 10.2. The number of carbonyl (C=O) groups excluding carboxylic acids is 1. The Bertz CT molecular complexity index is 559. The van der Waals surface area contributed by atoms with Crippen LogP contribution < -0.4 is 10.6 Å². The van der Waals surface area contributed by atoms with Crippen LogP contribution in [0.5, 0.6) is 0 Å². The molecule has 0 saturated carbocycles. The summed E-state index contributed by atoms with van der Waals surface area (Å²) in [5, 5.41) is 14.0. The first-order valence-corrected chi connectivity index (χ1v) is 8.88. The van der Waals surface area contributed by atoms with Crippen molar-refractivity contribution in [1.29, 1.82) is 0 Å². The van der Waals surface area contributed by atoms with Crippen molar-refractivity contribution in [2.24, 2.45) is 5.92 Å². The lowest BCUT2D eigenvalue weighted by Gasteiger charge is -2.33. The molecular formula is C16H28N6O2. The van der Waals surface area contributed by atoms with Gasteiger partial charge in [-0.15, -0.1) is 10.2 Å². The number of aryl methyl sites for hydroxylation is 1. The highest BCUT2D eigenvalue weighted by Crippen LogP contribution is 2.13. The SMILES string of the molecule is CC(C)CN1CCO[C@@H](CNC(=O)NCc2nnc3n2CCC3)C1. The lowest BCUT2D eigenvalue weighted by molar-refractivity contribution is -0.0290. The summed E-state index contributed by atoms with van der Waals surface area (Å²) in [4.78, 5) is 14.4. The number of amides is 2. The van der Waals surface area contributed by atoms with Crippen molar-refractivity contribution < 1.29 is 9.53 Å². The summed E-state index contributed by atoms with van der Waals surface area (Å²) < 4.78 is 7.83. The number of carbonyl (C=O) groups is 1. The number of nitrogens with zero attached hydrogens (tertiary/aromatic N) is 4. The van der Waals surface area contributed by atoms with Gasteiger partial charge in [-0.3, -0.25) is 4.90 Å². The highest BCUT2D eigenvalue weighted by Gasteiger charge is 2.22. The minimum absolute atomic E-state index is 0.0561. The highest BCUT2D eigenvalue weighted by atomic mass is 16.5. The Balaban J connectivity index is 1.37. The molecule has 8 nitrogen and oxygen atoms in total. The van der Waals surface area contributed by atoms with Crippen molar-refractivity contribution in [3.05, 3.63) is 11.6 Å². The largest absolute Gasteiger partial charge is 0.374 e. The van der Waals surface area contributed by atoms with E-state index in [9.17, 15) is 4.79 Å². The third kappa shape index (κ3) is 4.45. The summed E-state index contributed by atoms with van der Waals surface area (Å²) in [6, 6.07) is -0.185. The molecule has 0 aromatic carbocycles. The first-order valence-electron chi connectivity index (χ1n) is 8.88. The predicted molar refractivity (Wildman–Crippen MR) is 89.6 cm³/mol. The molecule has 2 aliphatic rings. The molecule has 2 N–H and O–H groups in total. The number of morpholine rings is 1. The maximum Gasteiger partial charge on any atom is 0.315 e. The lowest BCUT2D eigenvalue weighted by Crippen LogP contribution is -2.49. The van der Waals surface area contributed by atoms with Crippen molar-refractivity contribution in [3.8, 4) is 0 Å². The van der Waals surface area contributed by atoms with Gasteiger partial charge in [0.2, 0.25) is 0 Å². The summed E-state index contributed by atoms with van der Waals surface area (Å²) in [5.74, 6) is 2.49. The Morgan fingerprint density at radius 1 is 1.33 bits per heavy atom. The van der Waals surface area contributed by atoms with E-state index in [0.29, 0.717) is 19.0 Å². The molecule has 8 heteroatoms. The van der Waals surface area contributed by atoms with Crippen molar-refractivity contribution in [2.45, 2.75) is 45.9 Å². The second-order valence-electron chi connectivity index (χ2n) is 7.00. The van der Waals surface area contributed by atoms with Crippen LogP contribution in [0, 0.1) is 5.92 Å². The van der Waals surface area contributed by atoms with Crippen LogP contribution in [-0.4, -0.2) is 64.6 Å². The number of nitrogens with one attached hydrogen (secondary N) is 2. The fourth-order valence-corrected chi connectivity index (χ4v) is 3.36. The number of hydrogen-bond acceptors (Lipinski definition) is 5. The maximum atomic E-state index is 12.0. The number of aromatic nitrogens is 3. The normalized spacial score (nSPS) is 21.0. The summed E-state index contributed by atoms with van der Waals surface area (Å²) in [6.45, 7) is 9.96. The predicted octanol–water partition coefficient (Wildman–Crippen LogP) is 0.380. The molecule has 1 aromatic heterocycles. The van der Waals surface area contributed by atoms with Crippen LogP contribution in [0.2, 0.25) is 0 Å². The maximum absolute atomic E-state index is 12.0. The molecular weight excluding hydrogens is 308 g/mol. The van der Waals surface area contributed by atoms with Gasteiger partial charge >= 0.3 is 6.03 Å². The van der Waals surface area contributed by atoms with Gasteiger partial charge in [-0.25, -0.2) is 4.79 Å². The molecule has 1 atom stereocenters. The number of ether oxygens (including phenoxy) is 1. The average Bonchev–Trinajstić information content (AvgIpc) is 3.14. The summed E-state index contributed by atoms with van der Waals surface area (Å²) in [5.41, 5.74) is 0. The third-order valence-corrected chi connectivity index (χ3v) is 4.43. The van der Waals surface area contributed by atoms with E-state index < -0.39 is 0 Å². The zero-order valence-electron chi connectivity index (χ0n) is 14.6. The number of rotatable bonds is 6. The van der Waals surface area contributed by atoms with Crippen molar-refractivity contribution in [1.82, 2.24) is 30.3 Å². The van der Waals surface area contributed by atoms with E-state index in [1.165, 1.54) is 0 Å². The van der Waals surface area contributed by atoms with Gasteiger partial charge in [-0.1, -0.05) is 13.8 Å². The van der Waals surface area contributed by atoms with Crippen LogP contribution in [0.3, 0.4) is 0 Å². The van der Waals surface area contributed by atoms with Gasteiger partial charge in [0.1, 0.15) is 5.82 Å². The second kappa shape index (κ2) is 7.94. The first-order chi connectivity index (χ1) is 11.6. The molecule has 2 amide bonds. The van der Waals surface area contributed by atoms with Crippen LogP contribution in [-0.2, 0) is 24.2 Å². The van der Waals surface area contributed by atoms with Crippen molar-refractivity contribution in [2.75, 3.05) is 32.8 Å². The van der Waals surface area contributed by atoms with Crippen LogP contribution in [0.15, 0.2) is 0 Å². The Morgan fingerprint density at radius 3 is 3.04 bits per heavy atom. The summed E-state index contributed by atoms with van der Waals surface area (Å²) in [6.07, 6.45) is 2.14. The van der Waals surface area contributed by atoms with Crippen LogP contribution in [0.25, 0.3) is 0 Å². The third-order valence-electron chi connectivity index (χ3n) is 4.43. The van der Waals surface area contributed by atoms with Gasteiger partial charge in [0.25, 0.3) is 0 Å². The number of urea groups is 1. The molecule has 1 fully saturated rings. The van der Waals surface area contributed by atoms with Crippen molar-refractivity contribution in [3.63, 3.8) is 0 Å². The zero-order valence-corrected chi connectivity index (χ0v) is 14.6. The molecule has 0 aliphatic carbocycles.